The summed E-state index contributed by atoms with van der Waals surface area (Å²) in [6, 6.07) is 3.52. The molecule has 1 aromatic heterocycles. The number of nitrogens with one attached hydrogen (secondary N) is 1. The van der Waals surface area contributed by atoms with Crippen molar-refractivity contribution >= 4 is 11.6 Å². The molecule has 6 nitrogen and oxygen atoms in total. The van der Waals surface area contributed by atoms with Crippen LogP contribution >= 0.6 is 0 Å². The number of nitrogens with zero attached hydrogens (tertiary/aromatic N) is 1. The van der Waals surface area contributed by atoms with Crippen LogP contribution in [0, 0.1) is 0 Å². The van der Waals surface area contributed by atoms with Gasteiger partial charge in [-0.15, -0.1) is 0 Å². The van der Waals surface area contributed by atoms with Gasteiger partial charge in [0.2, 0.25) is 5.88 Å². The van der Waals surface area contributed by atoms with Crippen molar-refractivity contribution in [1.29, 1.82) is 0 Å². The van der Waals surface area contributed by atoms with E-state index in [4.69, 9.17) is 14.2 Å². The molecule has 1 aliphatic rings. The highest BCUT2D eigenvalue weighted by Gasteiger charge is 2.39. The van der Waals surface area contributed by atoms with Crippen LogP contribution in [-0.4, -0.2) is 43.4 Å². The lowest BCUT2D eigenvalue weighted by Crippen LogP contribution is -2.46. The average molecular weight is 322 g/mol. The number of hydrogen-bond acceptors (Lipinski definition) is 5. The van der Waals surface area contributed by atoms with Gasteiger partial charge in [0.25, 0.3) is 5.91 Å². The van der Waals surface area contributed by atoms with Crippen molar-refractivity contribution in [2.24, 2.45) is 0 Å². The van der Waals surface area contributed by atoms with Crippen LogP contribution < -0.4 is 10.1 Å². The minimum Gasteiger partial charge on any atom is -0.475 e. The minimum atomic E-state index is -0.703. The molecule has 0 aromatic carbocycles. The Balaban J connectivity index is 1.88. The fourth-order valence-corrected chi connectivity index (χ4v) is 2.78. The number of carbonyl (C=O) groups is 1. The molecule has 0 aliphatic heterocycles. The first-order valence-electron chi connectivity index (χ1n) is 8.23. The van der Waals surface area contributed by atoms with Crippen molar-refractivity contribution in [3.8, 4) is 5.88 Å². The molecule has 6 heteroatoms. The Bertz CT molecular complexity index is 484. The third-order valence-corrected chi connectivity index (χ3v) is 4.14. The first kappa shape index (κ1) is 17.7. The van der Waals surface area contributed by atoms with Gasteiger partial charge >= 0.3 is 0 Å². The van der Waals surface area contributed by atoms with Crippen LogP contribution in [-0.2, 0) is 14.3 Å². The monoisotopic (exact) mass is 322 g/mol. The SMILES string of the molecule is CCOCCOc1ccc(NC(=O)C2(OC)CCCCC2)cn1. The Kier molecular flexibility index (Phi) is 6.80. The smallest absolute Gasteiger partial charge is 0.256 e. The molecule has 0 spiro atoms. The maximum Gasteiger partial charge on any atom is 0.256 e. The van der Waals surface area contributed by atoms with Gasteiger partial charge in [-0.05, 0) is 25.8 Å². The van der Waals surface area contributed by atoms with Crippen LogP contribution in [0.15, 0.2) is 18.3 Å². The van der Waals surface area contributed by atoms with Gasteiger partial charge in [0.1, 0.15) is 12.2 Å². The van der Waals surface area contributed by atoms with Crippen molar-refractivity contribution in [1.82, 2.24) is 4.98 Å². The zero-order valence-corrected chi connectivity index (χ0v) is 14.0. The summed E-state index contributed by atoms with van der Waals surface area (Å²) in [6.07, 6.45) is 6.33. The molecule has 0 radical (unpaired) electrons. The molecule has 0 bridgehead atoms. The second-order valence-electron chi connectivity index (χ2n) is 5.64. The number of rotatable bonds is 8. The molecule has 1 heterocycles. The van der Waals surface area contributed by atoms with Gasteiger partial charge in [-0.1, -0.05) is 19.3 Å². The number of carbonyl (C=O) groups excluding carboxylic acids is 1. The fraction of sp³-hybridized carbons (Fsp3) is 0.647. The summed E-state index contributed by atoms with van der Waals surface area (Å²) in [5.41, 5.74) is -0.0561. The molecule has 1 amide bonds. The van der Waals surface area contributed by atoms with Crippen molar-refractivity contribution in [3.05, 3.63) is 18.3 Å². The Hall–Kier alpha value is -1.66. The third kappa shape index (κ3) is 4.91. The highest BCUT2D eigenvalue weighted by molar-refractivity contribution is 5.97. The van der Waals surface area contributed by atoms with E-state index >= 15 is 0 Å². The third-order valence-electron chi connectivity index (χ3n) is 4.14. The average Bonchev–Trinajstić information content (AvgIpc) is 2.60. The normalized spacial score (nSPS) is 16.8. The first-order valence-corrected chi connectivity index (χ1v) is 8.23. The number of anilines is 1. The quantitative estimate of drug-likeness (QED) is 0.745. The Morgan fingerprint density at radius 3 is 2.65 bits per heavy atom. The first-order chi connectivity index (χ1) is 11.2. The predicted octanol–water partition coefficient (Wildman–Crippen LogP) is 2.78. The highest BCUT2D eigenvalue weighted by atomic mass is 16.5. The Morgan fingerprint density at radius 1 is 1.26 bits per heavy atom. The number of hydrogen-bond donors (Lipinski definition) is 1. The molecule has 1 aromatic rings. The lowest BCUT2D eigenvalue weighted by atomic mass is 9.84. The predicted molar refractivity (Wildman–Crippen MR) is 87.7 cm³/mol. The summed E-state index contributed by atoms with van der Waals surface area (Å²) >= 11 is 0. The van der Waals surface area contributed by atoms with Crippen LogP contribution in [0.5, 0.6) is 5.88 Å². The molecule has 2 rings (SSSR count). The Morgan fingerprint density at radius 2 is 2.04 bits per heavy atom. The van der Waals surface area contributed by atoms with Crippen molar-refractivity contribution < 1.29 is 19.0 Å². The lowest BCUT2D eigenvalue weighted by molar-refractivity contribution is -0.141. The highest BCUT2D eigenvalue weighted by Crippen LogP contribution is 2.32. The fourth-order valence-electron chi connectivity index (χ4n) is 2.78. The summed E-state index contributed by atoms with van der Waals surface area (Å²) in [6.45, 7) is 3.60. The van der Waals surface area contributed by atoms with Gasteiger partial charge in [0.05, 0.1) is 18.5 Å². The van der Waals surface area contributed by atoms with Crippen LogP contribution in [0.3, 0.4) is 0 Å². The largest absolute Gasteiger partial charge is 0.475 e. The van der Waals surface area contributed by atoms with Gasteiger partial charge < -0.3 is 19.5 Å². The Labute approximate surface area is 137 Å². The molecule has 0 saturated heterocycles. The summed E-state index contributed by atoms with van der Waals surface area (Å²) < 4.78 is 16.2. The topological polar surface area (TPSA) is 69.7 Å². The number of ether oxygens (including phenoxy) is 3. The molecule has 23 heavy (non-hydrogen) atoms. The van der Waals surface area contributed by atoms with E-state index in [2.05, 4.69) is 10.3 Å². The van der Waals surface area contributed by atoms with Crippen LogP contribution in [0.25, 0.3) is 0 Å². The van der Waals surface area contributed by atoms with Crippen molar-refractivity contribution in [2.45, 2.75) is 44.6 Å². The van der Waals surface area contributed by atoms with E-state index in [-0.39, 0.29) is 5.91 Å². The molecule has 128 valence electrons. The zero-order chi connectivity index (χ0) is 16.5. The number of pyridine rings is 1. The van der Waals surface area contributed by atoms with Gasteiger partial charge in [0, 0.05) is 19.8 Å². The standard InChI is InChI=1S/C17H26N2O4/c1-3-22-11-12-23-15-8-7-14(13-18-15)19-16(20)17(21-2)9-5-4-6-10-17/h7-8,13H,3-6,9-12H2,1-2H3,(H,19,20). The van der Waals surface area contributed by atoms with E-state index in [9.17, 15) is 4.79 Å². The second kappa shape index (κ2) is 8.84. The van der Waals surface area contributed by atoms with Gasteiger partial charge in [0.15, 0.2) is 0 Å². The van der Waals surface area contributed by atoms with Crippen LogP contribution in [0.2, 0.25) is 0 Å². The summed E-state index contributed by atoms with van der Waals surface area (Å²) in [4.78, 5) is 16.7. The lowest BCUT2D eigenvalue weighted by Gasteiger charge is -2.34. The summed E-state index contributed by atoms with van der Waals surface area (Å²) in [5, 5.41) is 2.90. The van der Waals surface area contributed by atoms with E-state index < -0.39 is 5.60 Å². The zero-order valence-electron chi connectivity index (χ0n) is 14.0. The molecule has 0 unspecified atom stereocenters. The van der Waals surface area contributed by atoms with Crippen LogP contribution in [0.1, 0.15) is 39.0 Å². The summed E-state index contributed by atoms with van der Waals surface area (Å²) in [5.74, 6) is 0.424. The molecule has 0 atom stereocenters. The maximum atomic E-state index is 12.5. The van der Waals surface area contributed by atoms with Gasteiger partial charge in [-0.3, -0.25) is 4.79 Å². The van der Waals surface area contributed by atoms with E-state index in [1.54, 1.807) is 25.4 Å². The number of methoxy groups -OCH3 is 1. The molecular weight excluding hydrogens is 296 g/mol. The molecule has 1 saturated carbocycles. The number of amides is 1. The van der Waals surface area contributed by atoms with Gasteiger partial charge in [-0.2, -0.15) is 0 Å². The molecular formula is C17H26N2O4. The van der Waals surface area contributed by atoms with E-state index in [1.807, 2.05) is 6.92 Å². The molecule has 1 aliphatic carbocycles. The molecule has 1 fully saturated rings. The van der Waals surface area contributed by atoms with Crippen LogP contribution in [0.4, 0.5) is 5.69 Å². The van der Waals surface area contributed by atoms with Gasteiger partial charge in [-0.25, -0.2) is 4.98 Å². The van der Waals surface area contributed by atoms with E-state index in [1.165, 1.54) is 0 Å². The second-order valence-corrected chi connectivity index (χ2v) is 5.64. The summed E-state index contributed by atoms with van der Waals surface area (Å²) in [7, 11) is 1.61. The van der Waals surface area contributed by atoms with E-state index in [0.717, 1.165) is 32.1 Å². The minimum absolute atomic E-state index is 0.0912. The molecule has 1 N–H and O–H groups in total. The van der Waals surface area contributed by atoms with Crippen molar-refractivity contribution in [3.63, 3.8) is 0 Å². The number of aromatic nitrogens is 1. The van der Waals surface area contributed by atoms with Crippen molar-refractivity contribution in [2.75, 3.05) is 32.2 Å². The maximum absolute atomic E-state index is 12.5. The van der Waals surface area contributed by atoms with E-state index in [0.29, 0.717) is 31.4 Å².